The Morgan fingerprint density at radius 2 is 2.10 bits per heavy atom. The van der Waals surface area contributed by atoms with Crippen molar-refractivity contribution < 1.29 is 4.42 Å². The molecule has 0 radical (unpaired) electrons. The minimum absolute atomic E-state index is 0.00536. The lowest BCUT2D eigenvalue weighted by atomic mass is 10.1. The van der Waals surface area contributed by atoms with Crippen LogP contribution in [-0.2, 0) is 0 Å². The van der Waals surface area contributed by atoms with Crippen LogP contribution in [0, 0.1) is 12.3 Å². The van der Waals surface area contributed by atoms with Gasteiger partial charge in [0.25, 0.3) is 5.22 Å². The monoisotopic (exact) mass is 284 g/mol. The van der Waals surface area contributed by atoms with Crippen molar-refractivity contribution in [3.63, 3.8) is 0 Å². The van der Waals surface area contributed by atoms with Crippen LogP contribution in [-0.4, -0.2) is 15.8 Å². The maximum Gasteiger partial charge on any atom is 0.263 e. The predicted molar refractivity (Wildman–Crippen MR) is 78.1 cm³/mol. The summed E-state index contributed by atoms with van der Waals surface area (Å²) in [5, 5.41) is 8.78. The molecule has 3 N–H and O–H groups in total. The Morgan fingerprint density at radius 1 is 1.30 bits per heavy atom. The van der Waals surface area contributed by atoms with E-state index in [2.05, 4.69) is 9.97 Å². The maximum atomic E-state index is 7.66. The first-order valence-corrected chi connectivity index (χ1v) is 6.80. The van der Waals surface area contributed by atoms with Crippen molar-refractivity contribution in [1.29, 1.82) is 5.41 Å². The number of fused-ring (bicyclic) bond motifs is 1. The summed E-state index contributed by atoms with van der Waals surface area (Å²) >= 11 is 1.27. The van der Waals surface area contributed by atoms with Gasteiger partial charge >= 0.3 is 0 Å². The smallest absolute Gasteiger partial charge is 0.263 e. The first-order chi connectivity index (χ1) is 9.65. The summed E-state index contributed by atoms with van der Waals surface area (Å²) in [5.74, 6) is -0.00536. The largest absolute Gasteiger partial charge is 0.431 e. The first-order valence-electron chi connectivity index (χ1n) is 5.98. The molecular weight excluding hydrogens is 272 g/mol. The van der Waals surface area contributed by atoms with E-state index in [0.717, 1.165) is 16.7 Å². The van der Waals surface area contributed by atoms with Crippen molar-refractivity contribution in [2.75, 3.05) is 0 Å². The first kappa shape index (κ1) is 12.7. The second-order valence-corrected chi connectivity index (χ2v) is 5.21. The van der Waals surface area contributed by atoms with Crippen molar-refractivity contribution in [2.45, 2.75) is 17.2 Å². The molecule has 3 aromatic rings. The Balaban J connectivity index is 2.02. The highest BCUT2D eigenvalue weighted by molar-refractivity contribution is 7.99. The average Bonchev–Trinajstić information content (AvgIpc) is 2.80. The van der Waals surface area contributed by atoms with Crippen molar-refractivity contribution in [3.8, 4) is 0 Å². The average molecular weight is 284 g/mol. The Hall–Kier alpha value is -2.34. The molecule has 0 unspecified atom stereocenters. The van der Waals surface area contributed by atoms with Crippen LogP contribution in [0.1, 0.15) is 11.1 Å². The highest BCUT2D eigenvalue weighted by atomic mass is 32.2. The number of benzene rings is 1. The number of pyridine rings is 1. The van der Waals surface area contributed by atoms with Gasteiger partial charge in [-0.25, -0.2) is 9.97 Å². The Labute approximate surface area is 119 Å². The number of nitrogens with two attached hydrogens (primary N) is 1. The van der Waals surface area contributed by atoms with E-state index in [9.17, 15) is 0 Å². The van der Waals surface area contributed by atoms with E-state index in [1.807, 2.05) is 37.3 Å². The standard InChI is InChI=1S/C14H12N4OS/c1-8-6-7-17-13(11(8)12(15)16)20-14-18-9-4-2-3-5-10(9)19-14/h2-7H,1H3,(H3,15,16). The summed E-state index contributed by atoms with van der Waals surface area (Å²) in [7, 11) is 0. The fourth-order valence-corrected chi connectivity index (χ4v) is 2.84. The van der Waals surface area contributed by atoms with E-state index in [-0.39, 0.29) is 5.84 Å². The molecule has 0 spiro atoms. The summed E-state index contributed by atoms with van der Waals surface area (Å²) in [6.45, 7) is 1.90. The van der Waals surface area contributed by atoms with Gasteiger partial charge in [0.2, 0.25) is 0 Å². The number of rotatable bonds is 3. The van der Waals surface area contributed by atoms with Crippen molar-refractivity contribution in [3.05, 3.63) is 47.7 Å². The maximum absolute atomic E-state index is 7.66. The van der Waals surface area contributed by atoms with Crippen LogP contribution >= 0.6 is 11.8 Å². The zero-order valence-corrected chi connectivity index (χ0v) is 11.6. The van der Waals surface area contributed by atoms with Crippen LogP contribution < -0.4 is 5.73 Å². The third-order valence-corrected chi connectivity index (χ3v) is 3.70. The highest BCUT2D eigenvalue weighted by Crippen LogP contribution is 2.31. The molecule has 6 heteroatoms. The second-order valence-electron chi connectivity index (χ2n) is 4.27. The number of hydrogen-bond donors (Lipinski definition) is 2. The lowest BCUT2D eigenvalue weighted by molar-refractivity contribution is 0.489. The second kappa shape index (κ2) is 4.97. The third kappa shape index (κ3) is 2.25. The Morgan fingerprint density at radius 3 is 2.85 bits per heavy atom. The van der Waals surface area contributed by atoms with Crippen molar-refractivity contribution >= 4 is 28.7 Å². The van der Waals surface area contributed by atoms with Crippen molar-refractivity contribution in [1.82, 2.24) is 9.97 Å². The van der Waals surface area contributed by atoms with E-state index >= 15 is 0 Å². The van der Waals surface area contributed by atoms with Gasteiger partial charge in [0.05, 0.1) is 5.56 Å². The number of aryl methyl sites for hydroxylation is 1. The number of nitrogen functional groups attached to an aromatic ring is 1. The molecule has 100 valence electrons. The zero-order valence-electron chi connectivity index (χ0n) is 10.8. The fraction of sp³-hybridized carbons (Fsp3) is 0.0714. The van der Waals surface area contributed by atoms with Crippen molar-refractivity contribution in [2.24, 2.45) is 5.73 Å². The van der Waals surface area contributed by atoms with Crippen LogP contribution in [0.15, 0.2) is 51.2 Å². The molecule has 0 saturated carbocycles. The molecule has 0 fully saturated rings. The minimum atomic E-state index is -0.00536. The number of hydrogen-bond acceptors (Lipinski definition) is 5. The molecule has 2 heterocycles. The highest BCUT2D eigenvalue weighted by Gasteiger charge is 2.14. The summed E-state index contributed by atoms with van der Waals surface area (Å²) in [6.07, 6.45) is 1.69. The number of nitrogens with one attached hydrogen (secondary N) is 1. The molecule has 0 saturated heterocycles. The SMILES string of the molecule is Cc1ccnc(Sc2nc3ccccc3o2)c1C(=N)N. The normalized spacial score (nSPS) is 10.8. The summed E-state index contributed by atoms with van der Waals surface area (Å²) in [4.78, 5) is 8.65. The minimum Gasteiger partial charge on any atom is -0.431 e. The van der Waals surface area contributed by atoms with E-state index in [1.54, 1.807) is 6.20 Å². The van der Waals surface area contributed by atoms with Gasteiger partial charge in [0.1, 0.15) is 16.4 Å². The number of para-hydroxylation sites is 2. The predicted octanol–water partition coefficient (Wildman–Crippen LogP) is 2.97. The summed E-state index contributed by atoms with van der Waals surface area (Å²) in [6, 6.07) is 9.38. The molecule has 0 aliphatic heterocycles. The van der Waals surface area contributed by atoms with Gasteiger partial charge < -0.3 is 10.2 Å². The molecule has 1 aromatic carbocycles. The van der Waals surface area contributed by atoms with Crippen LogP contribution in [0.4, 0.5) is 0 Å². The van der Waals surface area contributed by atoms with Crippen LogP contribution in [0.3, 0.4) is 0 Å². The topological polar surface area (TPSA) is 88.8 Å². The van der Waals surface area contributed by atoms with Crippen LogP contribution in [0.5, 0.6) is 0 Å². The van der Waals surface area contributed by atoms with Gasteiger partial charge in [-0.1, -0.05) is 12.1 Å². The van der Waals surface area contributed by atoms with Gasteiger partial charge in [0.15, 0.2) is 5.58 Å². The molecule has 3 rings (SSSR count). The summed E-state index contributed by atoms with van der Waals surface area (Å²) < 4.78 is 5.65. The Kier molecular flexibility index (Phi) is 3.15. The van der Waals surface area contributed by atoms with Crippen LogP contribution in [0.2, 0.25) is 0 Å². The quantitative estimate of drug-likeness (QED) is 0.570. The number of amidine groups is 1. The molecule has 2 aromatic heterocycles. The number of oxazole rings is 1. The van der Waals surface area contributed by atoms with E-state index in [0.29, 0.717) is 15.8 Å². The zero-order chi connectivity index (χ0) is 14.1. The molecular formula is C14H12N4OS. The lowest BCUT2D eigenvalue weighted by Gasteiger charge is -2.07. The fourth-order valence-electron chi connectivity index (χ4n) is 1.92. The molecule has 0 aliphatic rings. The van der Waals surface area contributed by atoms with Gasteiger partial charge in [-0.3, -0.25) is 5.41 Å². The molecule has 20 heavy (non-hydrogen) atoms. The van der Waals surface area contributed by atoms with E-state index in [1.165, 1.54) is 11.8 Å². The molecule has 0 bridgehead atoms. The molecule has 5 nitrogen and oxygen atoms in total. The summed E-state index contributed by atoms with van der Waals surface area (Å²) in [5.41, 5.74) is 8.68. The number of aromatic nitrogens is 2. The van der Waals surface area contributed by atoms with Crippen LogP contribution in [0.25, 0.3) is 11.1 Å². The molecule has 0 atom stereocenters. The number of nitrogens with zero attached hydrogens (tertiary/aromatic N) is 2. The van der Waals surface area contributed by atoms with Gasteiger partial charge in [-0.15, -0.1) is 0 Å². The Bertz CT molecular complexity index is 764. The van der Waals surface area contributed by atoms with E-state index in [4.69, 9.17) is 15.6 Å². The third-order valence-electron chi connectivity index (χ3n) is 2.85. The lowest BCUT2D eigenvalue weighted by Crippen LogP contribution is -2.14. The van der Waals surface area contributed by atoms with Gasteiger partial charge in [-0.05, 0) is 42.4 Å². The molecule has 0 amide bonds. The van der Waals surface area contributed by atoms with Gasteiger partial charge in [-0.2, -0.15) is 0 Å². The van der Waals surface area contributed by atoms with E-state index < -0.39 is 0 Å². The molecule has 0 aliphatic carbocycles. The van der Waals surface area contributed by atoms with Gasteiger partial charge in [0, 0.05) is 6.20 Å².